The van der Waals surface area contributed by atoms with Gasteiger partial charge in [-0.25, -0.2) is 4.79 Å². The van der Waals surface area contributed by atoms with Crippen LogP contribution in [-0.4, -0.2) is 30.1 Å². The minimum atomic E-state index is 0.131. The van der Waals surface area contributed by atoms with Crippen molar-refractivity contribution in [3.8, 4) is 0 Å². The van der Waals surface area contributed by atoms with Gasteiger partial charge in [-0.2, -0.15) is 0 Å². The van der Waals surface area contributed by atoms with E-state index in [1.165, 1.54) is 19.3 Å². The van der Waals surface area contributed by atoms with Crippen molar-refractivity contribution in [1.29, 1.82) is 0 Å². The Morgan fingerprint density at radius 2 is 1.73 bits per heavy atom. The van der Waals surface area contributed by atoms with Gasteiger partial charge >= 0.3 is 6.03 Å². The maximum Gasteiger partial charge on any atom is 0.317 e. The first-order valence-electron chi connectivity index (χ1n) is 6.29. The maximum atomic E-state index is 11.8. The average Bonchev–Trinajstić information content (AvgIpc) is 2.16. The Balaban J connectivity index is 2.34. The lowest BCUT2D eigenvalue weighted by atomic mass is 10.1. The average molecular weight is 212 g/mol. The molecule has 0 saturated carbocycles. The third kappa shape index (κ3) is 4.54. The standard InChI is InChI=1S/C12H24N2O/c1-3-11(2)13-12(15)14-9-7-5-4-6-8-10-14/h11H,3-10H2,1-2H3,(H,13,15). The van der Waals surface area contributed by atoms with Gasteiger partial charge in [0.15, 0.2) is 0 Å². The zero-order valence-corrected chi connectivity index (χ0v) is 10.1. The highest BCUT2D eigenvalue weighted by molar-refractivity contribution is 5.74. The summed E-state index contributed by atoms with van der Waals surface area (Å²) in [4.78, 5) is 13.8. The molecule has 3 nitrogen and oxygen atoms in total. The predicted molar refractivity (Wildman–Crippen MR) is 62.9 cm³/mol. The highest BCUT2D eigenvalue weighted by Gasteiger charge is 2.15. The van der Waals surface area contributed by atoms with Gasteiger partial charge in [-0.1, -0.05) is 26.2 Å². The molecule has 1 atom stereocenters. The van der Waals surface area contributed by atoms with Gasteiger partial charge in [-0.3, -0.25) is 0 Å². The summed E-state index contributed by atoms with van der Waals surface area (Å²) in [6.45, 7) is 6.02. The van der Waals surface area contributed by atoms with Crippen LogP contribution in [0.4, 0.5) is 4.79 Å². The van der Waals surface area contributed by atoms with E-state index in [4.69, 9.17) is 0 Å². The van der Waals surface area contributed by atoms with Crippen LogP contribution in [0, 0.1) is 0 Å². The quantitative estimate of drug-likeness (QED) is 0.750. The molecular formula is C12H24N2O. The van der Waals surface area contributed by atoms with Crippen molar-refractivity contribution in [3.63, 3.8) is 0 Å². The summed E-state index contributed by atoms with van der Waals surface area (Å²) in [7, 11) is 0. The molecule has 0 aromatic carbocycles. The second kappa shape index (κ2) is 6.70. The van der Waals surface area contributed by atoms with Gasteiger partial charge in [0.05, 0.1) is 0 Å². The topological polar surface area (TPSA) is 32.3 Å². The van der Waals surface area contributed by atoms with Crippen molar-refractivity contribution >= 4 is 6.03 Å². The predicted octanol–water partition coefficient (Wildman–Crippen LogP) is 2.76. The summed E-state index contributed by atoms with van der Waals surface area (Å²) in [5.41, 5.74) is 0. The maximum absolute atomic E-state index is 11.8. The Morgan fingerprint density at radius 1 is 1.20 bits per heavy atom. The molecule has 1 unspecified atom stereocenters. The van der Waals surface area contributed by atoms with Gasteiger partial charge in [-0.15, -0.1) is 0 Å². The molecule has 1 rings (SSSR count). The largest absolute Gasteiger partial charge is 0.336 e. The zero-order valence-electron chi connectivity index (χ0n) is 10.1. The van der Waals surface area contributed by atoms with Crippen LogP contribution in [0.25, 0.3) is 0 Å². The van der Waals surface area contributed by atoms with Crippen molar-refractivity contribution < 1.29 is 4.79 Å². The van der Waals surface area contributed by atoms with E-state index in [9.17, 15) is 4.79 Å². The van der Waals surface area contributed by atoms with Gasteiger partial charge in [0.1, 0.15) is 0 Å². The molecule has 0 bridgehead atoms. The Morgan fingerprint density at radius 3 is 2.27 bits per heavy atom. The van der Waals surface area contributed by atoms with Gasteiger partial charge in [-0.05, 0) is 26.2 Å². The fraction of sp³-hybridized carbons (Fsp3) is 0.917. The molecule has 0 radical (unpaired) electrons. The summed E-state index contributed by atoms with van der Waals surface area (Å²) >= 11 is 0. The van der Waals surface area contributed by atoms with E-state index in [1.807, 2.05) is 4.90 Å². The molecule has 0 aromatic heterocycles. The monoisotopic (exact) mass is 212 g/mol. The first kappa shape index (κ1) is 12.3. The summed E-state index contributed by atoms with van der Waals surface area (Å²) in [5.74, 6) is 0. The third-order valence-corrected chi connectivity index (χ3v) is 3.13. The summed E-state index contributed by atoms with van der Waals surface area (Å²) in [5, 5.41) is 3.03. The van der Waals surface area contributed by atoms with Crippen LogP contribution in [0.2, 0.25) is 0 Å². The van der Waals surface area contributed by atoms with Crippen LogP contribution in [0.15, 0.2) is 0 Å². The number of amides is 2. The summed E-state index contributed by atoms with van der Waals surface area (Å²) < 4.78 is 0. The molecule has 1 aliphatic heterocycles. The summed E-state index contributed by atoms with van der Waals surface area (Å²) in [6.07, 6.45) is 7.20. The fourth-order valence-corrected chi connectivity index (χ4v) is 1.85. The lowest BCUT2D eigenvalue weighted by Gasteiger charge is -2.26. The van der Waals surface area contributed by atoms with Crippen molar-refractivity contribution in [2.75, 3.05) is 13.1 Å². The number of carbonyl (C=O) groups is 1. The number of rotatable bonds is 2. The molecule has 0 aromatic rings. The smallest absolute Gasteiger partial charge is 0.317 e. The Bertz CT molecular complexity index is 186. The molecular weight excluding hydrogens is 188 g/mol. The molecule has 0 spiro atoms. The SMILES string of the molecule is CCC(C)NC(=O)N1CCCCCCC1. The zero-order chi connectivity index (χ0) is 11.1. The van der Waals surface area contributed by atoms with Crippen LogP contribution in [-0.2, 0) is 0 Å². The normalized spacial score (nSPS) is 20.3. The summed E-state index contributed by atoms with van der Waals surface area (Å²) in [6, 6.07) is 0.425. The molecule has 2 amide bonds. The van der Waals surface area contributed by atoms with E-state index in [2.05, 4.69) is 19.2 Å². The second-order valence-corrected chi connectivity index (χ2v) is 4.51. The van der Waals surface area contributed by atoms with Gasteiger partial charge in [0, 0.05) is 19.1 Å². The number of likely N-dealkylation sites (tertiary alicyclic amines) is 1. The molecule has 1 N–H and O–H groups in total. The number of hydrogen-bond donors (Lipinski definition) is 1. The van der Waals surface area contributed by atoms with Crippen LogP contribution in [0.3, 0.4) is 0 Å². The number of nitrogens with one attached hydrogen (secondary N) is 1. The molecule has 1 aliphatic rings. The molecule has 88 valence electrons. The molecule has 1 fully saturated rings. The van der Waals surface area contributed by atoms with E-state index in [0.29, 0.717) is 6.04 Å². The van der Waals surface area contributed by atoms with Gasteiger partial charge < -0.3 is 10.2 Å². The lowest BCUT2D eigenvalue weighted by molar-refractivity contribution is 0.188. The molecule has 15 heavy (non-hydrogen) atoms. The number of nitrogens with zero attached hydrogens (tertiary/aromatic N) is 1. The highest BCUT2D eigenvalue weighted by atomic mass is 16.2. The fourth-order valence-electron chi connectivity index (χ4n) is 1.85. The third-order valence-electron chi connectivity index (χ3n) is 3.13. The van der Waals surface area contributed by atoms with E-state index in [-0.39, 0.29) is 6.03 Å². The minimum Gasteiger partial charge on any atom is -0.336 e. The van der Waals surface area contributed by atoms with Gasteiger partial charge in [0.2, 0.25) is 0 Å². The molecule has 1 heterocycles. The highest BCUT2D eigenvalue weighted by Crippen LogP contribution is 2.10. The molecule has 1 saturated heterocycles. The molecule has 0 aliphatic carbocycles. The van der Waals surface area contributed by atoms with Crippen molar-refractivity contribution in [2.24, 2.45) is 0 Å². The van der Waals surface area contributed by atoms with Crippen LogP contribution < -0.4 is 5.32 Å². The van der Waals surface area contributed by atoms with Crippen LogP contribution in [0.1, 0.15) is 52.4 Å². The number of carbonyl (C=O) groups excluding carboxylic acids is 1. The van der Waals surface area contributed by atoms with E-state index in [0.717, 1.165) is 32.4 Å². The Kier molecular flexibility index (Phi) is 5.51. The second-order valence-electron chi connectivity index (χ2n) is 4.51. The van der Waals surface area contributed by atoms with E-state index in [1.54, 1.807) is 0 Å². The Labute approximate surface area is 93.2 Å². The molecule has 3 heteroatoms. The van der Waals surface area contributed by atoms with Crippen molar-refractivity contribution in [3.05, 3.63) is 0 Å². The van der Waals surface area contributed by atoms with Crippen LogP contribution >= 0.6 is 0 Å². The van der Waals surface area contributed by atoms with E-state index < -0.39 is 0 Å². The first-order chi connectivity index (χ1) is 7.24. The number of urea groups is 1. The van der Waals surface area contributed by atoms with E-state index >= 15 is 0 Å². The Hall–Kier alpha value is -0.730. The lowest BCUT2D eigenvalue weighted by Crippen LogP contribution is -2.44. The van der Waals surface area contributed by atoms with Crippen molar-refractivity contribution in [2.45, 2.75) is 58.4 Å². The minimum absolute atomic E-state index is 0.131. The van der Waals surface area contributed by atoms with Crippen LogP contribution in [0.5, 0.6) is 0 Å². The first-order valence-corrected chi connectivity index (χ1v) is 6.29. The van der Waals surface area contributed by atoms with Gasteiger partial charge in [0.25, 0.3) is 0 Å². The number of hydrogen-bond acceptors (Lipinski definition) is 1. The van der Waals surface area contributed by atoms with Crippen molar-refractivity contribution in [1.82, 2.24) is 10.2 Å².